The Morgan fingerprint density at radius 1 is 1.35 bits per heavy atom. The van der Waals surface area contributed by atoms with Crippen molar-refractivity contribution in [2.45, 2.75) is 63.1 Å². The lowest BCUT2D eigenvalue weighted by Crippen LogP contribution is -2.38. The number of sulfonamides is 1. The molecule has 0 atom stereocenters. The number of aromatic nitrogens is 1. The van der Waals surface area contributed by atoms with Crippen molar-refractivity contribution < 1.29 is 13.5 Å². The van der Waals surface area contributed by atoms with Crippen LogP contribution in [0.2, 0.25) is 0 Å². The van der Waals surface area contributed by atoms with E-state index in [0.717, 1.165) is 25.7 Å². The molecule has 5 nitrogen and oxygen atoms in total. The number of aliphatic hydroxyl groups excluding tert-OH is 1. The van der Waals surface area contributed by atoms with Crippen LogP contribution in [0.3, 0.4) is 0 Å². The van der Waals surface area contributed by atoms with Crippen LogP contribution in [0.25, 0.3) is 0 Å². The van der Waals surface area contributed by atoms with Gasteiger partial charge < -0.3 is 9.67 Å². The fourth-order valence-electron chi connectivity index (χ4n) is 2.90. The van der Waals surface area contributed by atoms with Crippen LogP contribution in [0.4, 0.5) is 0 Å². The summed E-state index contributed by atoms with van der Waals surface area (Å²) >= 11 is 0. The van der Waals surface area contributed by atoms with E-state index in [0.29, 0.717) is 12.2 Å². The summed E-state index contributed by atoms with van der Waals surface area (Å²) < 4.78 is 28.6. The topological polar surface area (TPSA) is 62.5 Å². The van der Waals surface area contributed by atoms with Crippen molar-refractivity contribution in [2.24, 2.45) is 0 Å². The van der Waals surface area contributed by atoms with Crippen LogP contribution in [0, 0.1) is 0 Å². The molecule has 2 rings (SSSR count). The first kappa shape index (κ1) is 15.5. The maximum atomic E-state index is 12.7. The van der Waals surface area contributed by atoms with Crippen LogP contribution >= 0.6 is 0 Å². The van der Waals surface area contributed by atoms with E-state index in [1.807, 2.05) is 6.92 Å². The van der Waals surface area contributed by atoms with Gasteiger partial charge in [-0.2, -0.15) is 4.31 Å². The summed E-state index contributed by atoms with van der Waals surface area (Å²) in [5, 5.41) is 9.29. The van der Waals surface area contributed by atoms with Crippen molar-refractivity contribution in [1.29, 1.82) is 0 Å². The normalized spacial score (nSPS) is 17.8. The molecule has 1 aliphatic rings. The lowest BCUT2D eigenvalue weighted by molar-refractivity contribution is 0.271. The molecule has 1 saturated carbocycles. The second-order valence-electron chi connectivity index (χ2n) is 5.42. The highest BCUT2D eigenvalue weighted by Crippen LogP contribution is 2.27. The monoisotopic (exact) mass is 300 g/mol. The zero-order valence-electron chi connectivity index (χ0n) is 12.2. The van der Waals surface area contributed by atoms with E-state index in [2.05, 4.69) is 0 Å². The summed E-state index contributed by atoms with van der Waals surface area (Å²) in [4.78, 5) is 0.288. The van der Waals surface area contributed by atoms with Gasteiger partial charge in [0.15, 0.2) is 0 Å². The molecule has 1 aromatic heterocycles. The smallest absolute Gasteiger partial charge is 0.244 e. The van der Waals surface area contributed by atoms with Crippen molar-refractivity contribution in [3.05, 3.63) is 18.0 Å². The van der Waals surface area contributed by atoms with Gasteiger partial charge in [0.25, 0.3) is 0 Å². The van der Waals surface area contributed by atoms with Gasteiger partial charge in [-0.25, -0.2) is 8.42 Å². The third-order valence-corrected chi connectivity index (χ3v) is 6.10. The fourth-order valence-corrected chi connectivity index (χ4v) is 4.38. The molecule has 0 spiro atoms. The fraction of sp³-hybridized carbons (Fsp3) is 0.714. The van der Waals surface area contributed by atoms with Gasteiger partial charge in [0.1, 0.15) is 4.90 Å². The molecule has 0 bridgehead atoms. The lowest BCUT2D eigenvalue weighted by atomic mass is 9.96. The molecule has 1 aromatic rings. The zero-order chi connectivity index (χ0) is 14.8. The predicted octanol–water partition coefficient (Wildman–Crippen LogP) is 1.95. The van der Waals surface area contributed by atoms with Gasteiger partial charge in [-0.15, -0.1) is 0 Å². The molecule has 0 aromatic carbocycles. The average Bonchev–Trinajstić information content (AvgIpc) is 2.91. The summed E-state index contributed by atoms with van der Waals surface area (Å²) in [7, 11) is -1.79. The first-order valence-electron chi connectivity index (χ1n) is 7.28. The van der Waals surface area contributed by atoms with Crippen LogP contribution in [0.1, 0.15) is 44.7 Å². The third kappa shape index (κ3) is 2.92. The molecule has 0 radical (unpaired) electrons. The molecule has 1 N–H and O–H groups in total. The second-order valence-corrected chi connectivity index (χ2v) is 7.42. The highest BCUT2D eigenvalue weighted by Gasteiger charge is 2.30. The summed E-state index contributed by atoms with van der Waals surface area (Å²) in [5.74, 6) is 0. The average molecular weight is 300 g/mol. The molecule has 1 aliphatic carbocycles. The highest BCUT2D eigenvalue weighted by molar-refractivity contribution is 7.89. The van der Waals surface area contributed by atoms with E-state index in [1.54, 1.807) is 23.9 Å². The van der Waals surface area contributed by atoms with Crippen molar-refractivity contribution >= 4 is 10.0 Å². The standard InChI is InChI=1S/C14H24N2O3S/c1-3-16-10-14(9-13(16)11-17)20(18,19)15(2)12-7-5-4-6-8-12/h9-10,12,17H,3-8,11H2,1-2H3. The van der Waals surface area contributed by atoms with E-state index in [4.69, 9.17) is 0 Å². The first-order valence-corrected chi connectivity index (χ1v) is 8.72. The summed E-state index contributed by atoms with van der Waals surface area (Å²) in [5.41, 5.74) is 0.642. The zero-order valence-corrected chi connectivity index (χ0v) is 13.1. The van der Waals surface area contributed by atoms with Crippen molar-refractivity contribution in [1.82, 2.24) is 8.87 Å². The largest absolute Gasteiger partial charge is 0.390 e. The number of aliphatic hydroxyl groups is 1. The van der Waals surface area contributed by atoms with Crippen LogP contribution < -0.4 is 0 Å². The predicted molar refractivity (Wildman–Crippen MR) is 77.9 cm³/mol. The molecule has 1 heterocycles. The number of hydrogen-bond acceptors (Lipinski definition) is 3. The second kappa shape index (κ2) is 6.28. The molecule has 0 saturated heterocycles. The molecule has 0 aliphatic heterocycles. The van der Waals surface area contributed by atoms with Crippen LogP contribution in [0.15, 0.2) is 17.2 Å². The van der Waals surface area contributed by atoms with E-state index in [1.165, 1.54) is 10.7 Å². The van der Waals surface area contributed by atoms with Gasteiger partial charge in [-0.05, 0) is 25.8 Å². The van der Waals surface area contributed by atoms with Gasteiger partial charge in [-0.1, -0.05) is 19.3 Å². The summed E-state index contributed by atoms with van der Waals surface area (Å²) in [6, 6.07) is 1.69. The van der Waals surface area contributed by atoms with Crippen LogP contribution in [-0.2, 0) is 23.2 Å². The Morgan fingerprint density at radius 3 is 2.50 bits per heavy atom. The van der Waals surface area contributed by atoms with Gasteiger partial charge in [0.2, 0.25) is 10.0 Å². The SMILES string of the molecule is CCn1cc(S(=O)(=O)N(C)C2CCCCC2)cc1CO. The number of nitrogens with zero attached hydrogens (tertiary/aromatic N) is 2. The molecule has 1 fully saturated rings. The number of hydrogen-bond donors (Lipinski definition) is 1. The number of aryl methyl sites for hydroxylation is 1. The van der Waals surface area contributed by atoms with Crippen molar-refractivity contribution in [2.75, 3.05) is 7.05 Å². The van der Waals surface area contributed by atoms with Gasteiger partial charge in [0, 0.05) is 31.5 Å². The minimum atomic E-state index is -3.46. The van der Waals surface area contributed by atoms with E-state index >= 15 is 0 Å². The van der Waals surface area contributed by atoms with Gasteiger partial charge in [-0.3, -0.25) is 0 Å². The molecular formula is C14H24N2O3S. The minimum Gasteiger partial charge on any atom is -0.390 e. The quantitative estimate of drug-likeness (QED) is 0.904. The molecule has 0 unspecified atom stereocenters. The Labute approximate surface area is 121 Å². The molecular weight excluding hydrogens is 276 g/mol. The van der Waals surface area contributed by atoms with Crippen molar-refractivity contribution in [3.8, 4) is 0 Å². The molecule has 6 heteroatoms. The highest BCUT2D eigenvalue weighted by atomic mass is 32.2. The Hall–Kier alpha value is -0.850. The first-order chi connectivity index (χ1) is 9.50. The van der Waals surface area contributed by atoms with Gasteiger partial charge in [0.05, 0.1) is 6.61 Å². The van der Waals surface area contributed by atoms with E-state index < -0.39 is 10.0 Å². The van der Waals surface area contributed by atoms with Gasteiger partial charge >= 0.3 is 0 Å². The van der Waals surface area contributed by atoms with E-state index in [9.17, 15) is 13.5 Å². The Bertz CT molecular complexity index is 523. The van der Waals surface area contributed by atoms with E-state index in [-0.39, 0.29) is 17.5 Å². The number of rotatable bonds is 5. The molecule has 114 valence electrons. The van der Waals surface area contributed by atoms with Crippen molar-refractivity contribution in [3.63, 3.8) is 0 Å². The Kier molecular flexibility index (Phi) is 4.88. The van der Waals surface area contributed by atoms with Crippen LogP contribution in [0.5, 0.6) is 0 Å². The maximum absolute atomic E-state index is 12.7. The third-order valence-electron chi connectivity index (χ3n) is 4.23. The molecule has 20 heavy (non-hydrogen) atoms. The lowest BCUT2D eigenvalue weighted by Gasteiger charge is -2.30. The Balaban J connectivity index is 2.26. The maximum Gasteiger partial charge on any atom is 0.244 e. The summed E-state index contributed by atoms with van der Waals surface area (Å²) in [6.07, 6.45) is 6.91. The van der Waals surface area contributed by atoms with Crippen LogP contribution in [-0.4, -0.2) is 35.5 Å². The Morgan fingerprint density at radius 2 is 2.00 bits per heavy atom. The minimum absolute atomic E-state index is 0.108. The molecule has 0 amide bonds. The summed E-state index contributed by atoms with van der Waals surface area (Å²) in [6.45, 7) is 2.44.